The Labute approximate surface area is 233 Å². The lowest BCUT2D eigenvalue weighted by molar-refractivity contribution is -0.139. The molecular formula is C22H19Br2N3O9S2. The molecule has 3 rings (SSSR count). The molecule has 3 aromatic rings. The first-order chi connectivity index (χ1) is 17.5. The third-order valence-electron chi connectivity index (χ3n) is 5.24. The summed E-state index contributed by atoms with van der Waals surface area (Å²) in [6.07, 6.45) is -0.466. The van der Waals surface area contributed by atoms with Gasteiger partial charge in [0, 0.05) is 21.8 Å². The number of halogens is 2. The second kappa shape index (κ2) is 11.2. The van der Waals surface area contributed by atoms with Crippen molar-refractivity contribution in [1.29, 1.82) is 0 Å². The zero-order valence-corrected chi connectivity index (χ0v) is 24.1. The molecule has 0 aliphatic carbocycles. The number of hydrogen-bond acceptors (Lipinski definition) is 8. The monoisotopic (exact) mass is 691 g/mol. The van der Waals surface area contributed by atoms with Crippen molar-refractivity contribution in [3.05, 3.63) is 54.1 Å². The number of aryl methyl sites for hydroxylation is 1. The van der Waals surface area contributed by atoms with Crippen molar-refractivity contribution < 1.29 is 40.6 Å². The number of rotatable bonds is 9. The molecule has 3 aromatic carbocycles. The van der Waals surface area contributed by atoms with Gasteiger partial charge in [0.05, 0.1) is 17.8 Å². The van der Waals surface area contributed by atoms with Gasteiger partial charge in [-0.15, -0.1) is 0 Å². The summed E-state index contributed by atoms with van der Waals surface area (Å²) >= 11 is 6.29. The fourth-order valence-corrected chi connectivity index (χ4v) is 5.65. The van der Waals surface area contributed by atoms with E-state index in [9.17, 15) is 35.5 Å². The van der Waals surface area contributed by atoms with Gasteiger partial charge in [0.25, 0.3) is 20.2 Å². The molecule has 0 saturated heterocycles. The summed E-state index contributed by atoms with van der Waals surface area (Å²) in [5.74, 6) is -1.76. The van der Waals surface area contributed by atoms with Gasteiger partial charge in [-0.05, 0) is 48.9 Å². The van der Waals surface area contributed by atoms with Crippen LogP contribution in [0.5, 0.6) is 0 Å². The van der Waals surface area contributed by atoms with Gasteiger partial charge in [-0.1, -0.05) is 44.0 Å². The Bertz CT molecular complexity index is 1690. The Morgan fingerprint density at radius 3 is 2.16 bits per heavy atom. The van der Waals surface area contributed by atoms with E-state index >= 15 is 0 Å². The Kier molecular flexibility index (Phi) is 8.74. The highest BCUT2D eigenvalue weighted by atomic mass is 79.9. The van der Waals surface area contributed by atoms with Crippen LogP contribution in [-0.4, -0.2) is 52.6 Å². The maximum Gasteiger partial charge on any atom is 0.305 e. The molecule has 0 spiro atoms. The molecule has 1 amide bonds. The number of benzene rings is 3. The zero-order chi connectivity index (χ0) is 28.5. The van der Waals surface area contributed by atoms with Crippen LogP contribution >= 0.6 is 31.9 Å². The summed E-state index contributed by atoms with van der Waals surface area (Å²) in [5.41, 5.74) is 1.04. The summed E-state index contributed by atoms with van der Waals surface area (Å²) in [4.78, 5) is 22.5. The second-order valence-electron chi connectivity index (χ2n) is 8.07. The first-order valence-corrected chi connectivity index (χ1v) is 15.2. The van der Waals surface area contributed by atoms with Crippen molar-refractivity contribution in [2.24, 2.45) is 10.2 Å². The lowest BCUT2D eigenvalue weighted by Gasteiger charge is -2.22. The first kappa shape index (κ1) is 29.8. The number of carbonyl (C=O) groups excluding carboxylic acids is 1. The van der Waals surface area contributed by atoms with E-state index in [4.69, 9.17) is 5.11 Å². The number of carboxylic acid groups (broad SMARTS) is 1. The maximum absolute atomic E-state index is 12.6. The fraction of sp³-hybridized carbons (Fsp3) is 0.182. The number of alkyl halides is 2. The van der Waals surface area contributed by atoms with Crippen LogP contribution < -0.4 is 5.32 Å². The summed E-state index contributed by atoms with van der Waals surface area (Å²) in [6, 6.07) is 10.3. The molecule has 0 aromatic heterocycles. The van der Waals surface area contributed by atoms with Gasteiger partial charge >= 0.3 is 5.97 Å². The second-order valence-corrected chi connectivity index (χ2v) is 12.9. The molecule has 0 heterocycles. The SMILES string of the molecule is Cc1cc(NC(=O)C(Br)(CBr)CC(=O)O)ccc1N=Nc1cc(S(=O)(=O)O)c2cccc(S(=O)(=O)O)c2c1. The van der Waals surface area contributed by atoms with Crippen LogP contribution in [0, 0.1) is 6.92 Å². The molecule has 1 unspecified atom stereocenters. The summed E-state index contributed by atoms with van der Waals surface area (Å²) < 4.78 is 65.4. The highest BCUT2D eigenvalue weighted by molar-refractivity contribution is 9.12. The standard InChI is InChI=1S/C22H19Br2N3O9S2/c1-12-7-13(25-21(30)22(24,11-23)10-20(28)29)5-6-17(12)27-26-14-8-16-15(19(9-14)38(34,35)36)3-2-4-18(16)37(31,32)33/h2-9H,10-11H2,1H3,(H,25,30)(H,28,29)(H,31,32,33)(H,34,35,36). The lowest BCUT2D eigenvalue weighted by atomic mass is 10.1. The van der Waals surface area contributed by atoms with Gasteiger partial charge in [0.1, 0.15) is 14.1 Å². The Morgan fingerprint density at radius 2 is 1.61 bits per heavy atom. The Balaban J connectivity index is 1.99. The highest BCUT2D eigenvalue weighted by Gasteiger charge is 2.37. The number of carboxylic acids is 1. The van der Waals surface area contributed by atoms with Crippen LogP contribution in [-0.2, 0) is 29.8 Å². The molecule has 0 radical (unpaired) electrons. The summed E-state index contributed by atoms with van der Waals surface area (Å²) in [7, 11) is -9.55. The first-order valence-electron chi connectivity index (χ1n) is 10.4. The minimum absolute atomic E-state index is 0.0417. The Hall–Kier alpha value is -2.76. The minimum atomic E-state index is -4.81. The van der Waals surface area contributed by atoms with E-state index in [1.807, 2.05) is 0 Å². The van der Waals surface area contributed by atoms with E-state index in [-0.39, 0.29) is 21.8 Å². The predicted molar refractivity (Wildman–Crippen MR) is 145 cm³/mol. The molecule has 16 heteroatoms. The van der Waals surface area contributed by atoms with Crippen molar-refractivity contribution >= 4 is 91.8 Å². The van der Waals surface area contributed by atoms with Crippen molar-refractivity contribution in [2.45, 2.75) is 27.5 Å². The van der Waals surface area contributed by atoms with Gasteiger partial charge in [-0.3, -0.25) is 18.7 Å². The summed E-state index contributed by atoms with van der Waals surface area (Å²) in [6.45, 7) is 1.65. The number of aliphatic carboxylic acids is 1. The van der Waals surface area contributed by atoms with Gasteiger partial charge in [-0.2, -0.15) is 27.1 Å². The number of anilines is 1. The van der Waals surface area contributed by atoms with Crippen molar-refractivity contribution in [2.75, 3.05) is 10.6 Å². The predicted octanol–water partition coefficient (Wildman–Crippen LogP) is 5.00. The van der Waals surface area contributed by atoms with E-state index in [0.717, 1.165) is 12.1 Å². The third kappa shape index (κ3) is 6.81. The van der Waals surface area contributed by atoms with Crippen LogP contribution in [0.25, 0.3) is 10.8 Å². The quantitative estimate of drug-likeness (QED) is 0.135. The van der Waals surface area contributed by atoms with Crippen LogP contribution in [0.2, 0.25) is 0 Å². The van der Waals surface area contributed by atoms with E-state index in [1.54, 1.807) is 13.0 Å². The summed E-state index contributed by atoms with van der Waals surface area (Å²) in [5, 5.41) is 19.4. The van der Waals surface area contributed by atoms with E-state index < -0.39 is 52.6 Å². The average Bonchev–Trinajstić information content (AvgIpc) is 2.80. The van der Waals surface area contributed by atoms with E-state index in [0.29, 0.717) is 16.9 Å². The minimum Gasteiger partial charge on any atom is -0.481 e. The number of hydrogen-bond donors (Lipinski definition) is 4. The third-order valence-corrected chi connectivity index (χ3v) is 9.67. The molecule has 0 aliphatic rings. The Morgan fingerprint density at radius 1 is 0.947 bits per heavy atom. The number of carbonyl (C=O) groups is 2. The molecule has 1 atom stereocenters. The molecule has 0 bridgehead atoms. The largest absolute Gasteiger partial charge is 0.481 e. The van der Waals surface area contributed by atoms with Crippen molar-refractivity contribution in [1.82, 2.24) is 0 Å². The molecule has 38 heavy (non-hydrogen) atoms. The van der Waals surface area contributed by atoms with Crippen LogP contribution in [0.3, 0.4) is 0 Å². The van der Waals surface area contributed by atoms with Crippen LogP contribution in [0.15, 0.2) is 68.6 Å². The molecule has 12 nitrogen and oxygen atoms in total. The van der Waals surface area contributed by atoms with Gasteiger partial charge < -0.3 is 10.4 Å². The number of amides is 1. The molecule has 202 valence electrons. The zero-order valence-electron chi connectivity index (χ0n) is 19.3. The number of fused-ring (bicyclic) bond motifs is 1. The van der Waals surface area contributed by atoms with Gasteiger partial charge in [-0.25, -0.2) is 0 Å². The molecular weight excluding hydrogens is 674 g/mol. The number of azo groups is 1. The van der Waals surface area contributed by atoms with E-state index in [1.165, 1.54) is 30.3 Å². The van der Waals surface area contributed by atoms with Gasteiger partial charge in [0.15, 0.2) is 0 Å². The molecule has 0 saturated carbocycles. The van der Waals surface area contributed by atoms with Crippen molar-refractivity contribution in [3.8, 4) is 0 Å². The number of nitrogens with one attached hydrogen (secondary N) is 1. The fourth-order valence-electron chi connectivity index (χ4n) is 3.43. The normalized spacial score (nSPS) is 13.9. The number of nitrogens with zero attached hydrogens (tertiary/aromatic N) is 2. The van der Waals surface area contributed by atoms with E-state index in [2.05, 4.69) is 47.4 Å². The molecule has 0 aliphatic heterocycles. The molecule has 0 fully saturated rings. The molecule has 4 N–H and O–H groups in total. The van der Waals surface area contributed by atoms with Crippen LogP contribution in [0.1, 0.15) is 12.0 Å². The van der Waals surface area contributed by atoms with Crippen LogP contribution in [0.4, 0.5) is 17.1 Å². The maximum atomic E-state index is 12.6. The van der Waals surface area contributed by atoms with Crippen molar-refractivity contribution in [3.63, 3.8) is 0 Å². The lowest BCUT2D eigenvalue weighted by Crippen LogP contribution is -2.40. The topological polar surface area (TPSA) is 200 Å². The van der Waals surface area contributed by atoms with Gasteiger partial charge in [0.2, 0.25) is 5.91 Å². The highest BCUT2D eigenvalue weighted by Crippen LogP contribution is 2.34. The average molecular weight is 693 g/mol. The smallest absolute Gasteiger partial charge is 0.305 e.